The van der Waals surface area contributed by atoms with Gasteiger partial charge in [0.15, 0.2) is 0 Å². The van der Waals surface area contributed by atoms with E-state index >= 15 is 0 Å². The quantitative estimate of drug-likeness (QED) is 0.746. The normalized spacial score (nSPS) is 16.7. The molecule has 1 aromatic carbocycles. The first-order chi connectivity index (χ1) is 6.86. The maximum Gasteiger partial charge on any atom is 0.0367 e. The van der Waals surface area contributed by atoms with Crippen LogP contribution in [-0.2, 0) is 0 Å². The number of nitrogens with two attached hydrogens (primary N) is 1. The van der Waals surface area contributed by atoms with Crippen LogP contribution >= 0.6 is 12.4 Å². The van der Waals surface area contributed by atoms with Crippen molar-refractivity contribution in [3.05, 3.63) is 24.3 Å². The summed E-state index contributed by atoms with van der Waals surface area (Å²) in [6, 6.07) is 8.22. The minimum atomic E-state index is 0. The van der Waals surface area contributed by atoms with Crippen molar-refractivity contribution in [1.29, 1.82) is 0 Å². The molecule has 1 heterocycles. The fourth-order valence-corrected chi connectivity index (χ4v) is 2.01. The molecule has 0 radical (unpaired) electrons. The van der Waals surface area contributed by atoms with E-state index in [2.05, 4.69) is 17.0 Å². The zero-order chi connectivity index (χ0) is 9.80. The lowest BCUT2D eigenvalue weighted by Gasteiger charge is -2.22. The van der Waals surface area contributed by atoms with Gasteiger partial charge in [-0.3, -0.25) is 0 Å². The Labute approximate surface area is 97.9 Å². The Hall–Kier alpha value is -0.890. The van der Waals surface area contributed by atoms with Crippen LogP contribution in [0.25, 0.3) is 0 Å². The molecule has 0 amide bonds. The minimum absolute atomic E-state index is 0. The van der Waals surface area contributed by atoms with Gasteiger partial charge in [-0.05, 0) is 37.1 Å². The van der Waals surface area contributed by atoms with Crippen molar-refractivity contribution in [3.63, 3.8) is 0 Å². The van der Waals surface area contributed by atoms with E-state index < -0.39 is 0 Å². The molecular weight excluding hydrogens is 208 g/mol. The zero-order valence-electron chi connectivity index (χ0n) is 8.98. The molecule has 1 aromatic rings. The Bertz CT molecular complexity index is 276. The highest BCUT2D eigenvalue weighted by atomic mass is 35.5. The number of nitrogen functional groups attached to an aromatic ring is 1. The van der Waals surface area contributed by atoms with Crippen molar-refractivity contribution in [3.8, 4) is 0 Å². The molecule has 2 nitrogen and oxygen atoms in total. The Balaban J connectivity index is 0.00000112. The molecule has 3 heteroatoms. The fraction of sp³-hybridized carbons (Fsp3) is 0.500. The summed E-state index contributed by atoms with van der Waals surface area (Å²) in [5, 5.41) is 0. The molecule has 0 bridgehead atoms. The van der Waals surface area contributed by atoms with Gasteiger partial charge in [-0.15, -0.1) is 12.4 Å². The van der Waals surface area contributed by atoms with Gasteiger partial charge in [0.1, 0.15) is 0 Å². The molecule has 0 saturated carbocycles. The number of benzene rings is 1. The van der Waals surface area contributed by atoms with Crippen LogP contribution in [0.5, 0.6) is 0 Å². The van der Waals surface area contributed by atoms with Gasteiger partial charge in [-0.25, -0.2) is 0 Å². The van der Waals surface area contributed by atoms with E-state index in [1.807, 2.05) is 12.1 Å². The lowest BCUT2D eigenvalue weighted by atomic mass is 10.2. The van der Waals surface area contributed by atoms with E-state index in [1.54, 1.807) is 0 Å². The van der Waals surface area contributed by atoms with E-state index in [1.165, 1.54) is 44.5 Å². The van der Waals surface area contributed by atoms with Gasteiger partial charge in [-0.1, -0.05) is 12.8 Å². The summed E-state index contributed by atoms with van der Waals surface area (Å²) in [4.78, 5) is 2.46. The Morgan fingerprint density at radius 3 is 1.93 bits per heavy atom. The number of hydrogen-bond acceptors (Lipinski definition) is 2. The molecule has 0 aliphatic carbocycles. The number of hydrogen-bond donors (Lipinski definition) is 1. The lowest BCUT2D eigenvalue weighted by molar-refractivity contribution is 0.726. The zero-order valence-corrected chi connectivity index (χ0v) is 9.80. The fourth-order valence-electron chi connectivity index (χ4n) is 2.01. The van der Waals surface area contributed by atoms with E-state index in [4.69, 9.17) is 5.73 Å². The van der Waals surface area contributed by atoms with E-state index in [-0.39, 0.29) is 12.4 Å². The first-order valence-corrected chi connectivity index (χ1v) is 5.47. The summed E-state index contributed by atoms with van der Waals surface area (Å²) in [6.45, 7) is 2.40. The molecule has 0 unspecified atom stereocenters. The van der Waals surface area contributed by atoms with Crippen LogP contribution in [0.2, 0.25) is 0 Å². The summed E-state index contributed by atoms with van der Waals surface area (Å²) >= 11 is 0. The summed E-state index contributed by atoms with van der Waals surface area (Å²) in [5.41, 5.74) is 7.84. The molecule has 1 saturated heterocycles. The Morgan fingerprint density at radius 1 is 0.867 bits per heavy atom. The van der Waals surface area contributed by atoms with Crippen LogP contribution < -0.4 is 10.6 Å². The monoisotopic (exact) mass is 226 g/mol. The van der Waals surface area contributed by atoms with Gasteiger partial charge >= 0.3 is 0 Å². The Kier molecular flexibility index (Phi) is 4.76. The van der Waals surface area contributed by atoms with Gasteiger partial charge in [0.2, 0.25) is 0 Å². The molecule has 84 valence electrons. The van der Waals surface area contributed by atoms with Crippen LogP contribution in [0.15, 0.2) is 24.3 Å². The van der Waals surface area contributed by atoms with Gasteiger partial charge in [-0.2, -0.15) is 0 Å². The molecule has 0 atom stereocenters. The largest absolute Gasteiger partial charge is 0.399 e. The first-order valence-electron chi connectivity index (χ1n) is 5.47. The molecule has 2 N–H and O–H groups in total. The summed E-state index contributed by atoms with van der Waals surface area (Å²) < 4.78 is 0. The van der Waals surface area contributed by atoms with E-state index in [0.717, 1.165) is 5.69 Å². The Morgan fingerprint density at radius 2 is 1.40 bits per heavy atom. The third-order valence-corrected chi connectivity index (χ3v) is 2.86. The van der Waals surface area contributed by atoms with Gasteiger partial charge in [0.05, 0.1) is 0 Å². The second-order valence-electron chi connectivity index (χ2n) is 3.99. The van der Waals surface area contributed by atoms with Crippen LogP contribution in [0.3, 0.4) is 0 Å². The number of nitrogens with zero attached hydrogens (tertiary/aromatic N) is 1. The van der Waals surface area contributed by atoms with Crippen LogP contribution in [0, 0.1) is 0 Å². The third kappa shape index (κ3) is 3.31. The molecule has 0 aromatic heterocycles. The topological polar surface area (TPSA) is 29.3 Å². The number of rotatable bonds is 1. The SMILES string of the molecule is Cl.Nc1ccc(N2CCCCCC2)cc1. The highest BCUT2D eigenvalue weighted by molar-refractivity contribution is 5.85. The van der Waals surface area contributed by atoms with Crippen LogP contribution in [0.1, 0.15) is 25.7 Å². The second kappa shape index (κ2) is 5.86. The van der Waals surface area contributed by atoms with Crippen molar-refractivity contribution in [2.45, 2.75) is 25.7 Å². The standard InChI is InChI=1S/C12H18N2.ClH/c13-11-5-7-12(8-6-11)14-9-3-1-2-4-10-14;/h5-8H,1-4,9-10,13H2;1H. The molecule has 0 spiro atoms. The van der Waals surface area contributed by atoms with Crippen LogP contribution in [0.4, 0.5) is 11.4 Å². The second-order valence-corrected chi connectivity index (χ2v) is 3.99. The van der Waals surface area contributed by atoms with Crippen molar-refractivity contribution in [1.82, 2.24) is 0 Å². The van der Waals surface area contributed by atoms with Gasteiger partial charge in [0.25, 0.3) is 0 Å². The lowest BCUT2D eigenvalue weighted by Crippen LogP contribution is -2.23. The molecule has 1 fully saturated rings. The van der Waals surface area contributed by atoms with Crippen molar-refractivity contribution < 1.29 is 0 Å². The smallest absolute Gasteiger partial charge is 0.0367 e. The molecular formula is C12H19ClN2. The first kappa shape index (κ1) is 12.2. The van der Waals surface area contributed by atoms with Crippen molar-refractivity contribution in [2.75, 3.05) is 23.7 Å². The summed E-state index contributed by atoms with van der Waals surface area (Å²) in [5.74, 6) is 0. The average molecular weight is 227 g/mol. The highest BCUT2D eigenvalue weighted by Crippen LogP contribution is 2.20. The minimum Gasteiger partial charge on any atom is -0.399 e. The van der Waals surface area contributed by atoms with E-state index in [0.29, 0.717) is 0 Å². The summed E-state index contributed by atoms with van der Waals surface area (Å²) in [6.07, 6.45) is 5.41. The highest BCUT2D eigenvalue weighted by Gasteiger charge is 2.08. The average Bonchev–Trinajstić information content (AvgIpc) is 2.47. The van der Waals surface area contributed by atoms with Crippen molar-refractivity contribution in [2.24, 2.45) is 0 Å². The van der Waals surface area contributed by atoms with Gasteiger partial charge < -0.3 is 10.6 Å². The third-order valence-electron chi connectivity index (χ3n) is 2.86. The molecule has 1 aliphatic rings. The maximum atomic E-state index is 5.67. The predicted molar refractivity (Wildman–Crippen MR) is 68.8 cm³/mol. The molecule has 15 heavy (non-hydrogen) atoms. The van der Waals surface area contributed by atoms with Crippen molar-refractivity contribution >= 4 is 23.8 Å². The number of anilines is 2. The predicted octanol–water partition coefficient (Wildman–Crippen LogP) is 3.07. The van der Waals surface area contributed by atoms with E-state index in [9.17, 15) is 0 Å². The maximum absolute atomic E-state index is 5.67. The molecule has 2 rings (SSSR count). The van der Waals surface area contributed by atoms with Crippen LogP contribution in [-0.4, -0.2) is 13.1 Å². The molecule has 1 aliphatic heterocycles. The summed E-state index contributed by atoms with van der Waals surface area (Å²) in [7, 11) is 0. The number of halogens is 1. The van der Waals surface area contributed by atoms with Gasteiger partial charge in [0, 0.05) is 24.5 Å².